The number of nitrogens with zero attached hydrogens (tertiary/aromatic N) is 2. The van der Waals surface area contributed by atoms with Gasteiger partial charge in [0, 0.05) is 24.4 Å². The van der Waals surface area contributed by atoms with Crippen molar-refractivity contribution in [1.29, 1.82) is 0 Å². The van der Waals surface area contributed by atoms with Crippen LogP contribution in [0.25, 0.3) is 0 Å². The molecule has 0 bridgehead atoms. The van der Waals surface area contributed by atoms with Crippen LogP contribution in [0.1, 0.15) is 11.1 Å². The molecule has 1 aliphatic rings. The van der Waals surface area contributed by atoms with Gasteiger partial charge in [0.05, 0.1) is 4.92 Å². The second-order valence-corrected chi connectivity index (χ2v) is 8.09. The minimum Gasteiger partial charge on any atom is -0.361 e. The van der Waals surface area contributed by atoms with Crippen LogP contribution < -0.4 is 4.90 Å². The molecule has 0 fully saturated rings. The largest absolute Gasteiger partial charge is 0.361 e. The average Bonchev–Trinajstić information content (AvgIpc) is 2.53. The molecule has 2 aromatic carbocycles. The van der Waals surface area contributed by atoms with E-state index in [-0.39, 0.29) is 10.6 Å². The van der Waals surface area contributed by atoms with Crippen molar-refractivity contribution < 1.29 is 13.3 Å². The molecule has 0 unspecified atom stereocenters. The molecule has 1 aliphatic heterocycles. The van der Waals surface area contributed by atoms with Gasteiger partial charge in [0.15, 0.2) is 9.84 Å². The Labute approximate surface area is 144 Å². The maximum absolute atomic E-state index is 11.9. The third-order valence-corrected chi connectivity index (χ3v) is 5.59. The standard InChI is InChI=1S/C16H15ClN2O4S/c1-24(22,23)15-7-3-6-14(16(15)19(20)21)18-9-8-12-11(10-18)4-2-5-13(12)17/h2-7H,8-10H2,1H3. The van der Waals surface area contributed by atoms with Crippen LogP contribution in [-0.2, 0) is 22.8 Å². The van der Waals surface area contributed by atoms with Crippen LogP contribution in [0.2, 0.25) is 5.02 Å². The number of hydrogen-bond acceptors (Lipinski definition) is 5. The van der Waals surface area contributed by atoms with Gasteiger partial charge < -0.3 is 4.90 Å². The monoisotopic (exact) mass is 366 g/mol. The van der Waals surface area contributed by atoms with Gasteiger partial charge >= 0.3 is 5.69 Å². The summed E-state index contributed by atoms with van der Waals surface area (Å²) in [6, 6.07) is 9.98. The first kappa shape index (κ1) is 16.7. The van der Waals surface area contributed by atoms with Crippen molar-refractivity contribution >= 4 is 32.8 Å². The van der Waals surface area contributed by atoms with Gasteiger partial charge in [0.25, 0.3) is 0 Å². The maximum Gasteiger partial charge on any atom is 0.311 e. The summed E-state index contributed by atoms with van der Waals surface area (Å²) in [6.45, 7) is 0.981. The van der Waals surface area contributed by atoms with Crippen LogP contribution >= 0.6 is 11.6 Å². The van der Waals surface area contributed by atoms with Crippen molar-refractivity contribution in [3.05, 3.63) is 62.7 Å². The van der Waals surface area contributed by atoms with Crippen LogP contribution in [0.4, 0.5) is 11.4 Å². The second-order valence-electron chi connectivity index (χ2n) is 5.70. The number of hydrogen-bond donors (Lipinski definition) is 0. The summed E-state index contributed by atoms with van der Waals surface area (Å²) in [5.41, 5.74) is 1.98. The van der Waals surface area contributed by atoms with E-state index < -0.39 is 14.8 Å². The number of nitro benzene ring substituents is 1. The second kappa shape index (κ2) is 6.07. The molecule has 2 aromatic rings. The number of benzene rings is 2. The molecular weight excluding hydrogens is 352 g/mol. The summed E-state index contributed by atoms with van der Waals surface area (Å²) in [5, 5.41) is 12.2. The Bertz CT molecular complexity index is 928. The molecule has 0 aliphatic carbocycles. The van der Waals surface area contributed by atoms with E-state index >= 15 is 0 Å². The van der Waals surface area contributed by atoms with E-state index in [1.165, 1.54) is 12.1 Å². The fourth-order valence-corrected chi connectivity index (χ4v) is 4.16. The van der Waals surface area contributed by atoms with Crippen molar-refractivity contribution in [2.75, 3.05) is 17.7 Å². The molecule has 0 radical (unpaired) electrons. The van der Waals surface area contributed by atoms with Gasteiger partial charge in [-0.1, -0.05) is 29.8 Å². The van der Waals surface area contributed by atoms with Crippen molar-refractivity contribution in [3.8, 4) is 0 Å². The van der Waals surface area contributed by atoms with Gasteiger partial charge in [0.2, 0.25) is 0 Å². The van der Waals surface area contributed by atoms with Crippen molar-refractivity contribution in [2.24, 2.45) is 0 Å². The number of nitro groups is 1. The fourth-order valence-electron chi connectivity index (χ4n) is 3.02. The Hall–Kier alpha value is -2.12. The van der Waals surface area contributed by atoms with Gasteiger partial charge in [-0.05, 0) is 35.7 Å². The van der Waals surface area contributed by atoms with Gasteiger partial charge in [-0.15, -0.1) is 0 Å². The quantitative estimate of drug-likeness (QED) is 0.615. The number of para-hydroxylation sites is 1. The summed E-state index contributed by atoms with van der Waals surface area (Å²) in [5.74, 6) is 0. The van der Waals surface area contributed by atoms with Crippen LogP contribution in [0.3, 0.4) is 0 Å². The fraction of sp³-hybridized carbons (Fsp3) is 0.250. The van der Waals surface area contributed by atoms with E-state index in [0.717, 1.165) is 17.4 Å². The molecule has 3 rings (SSSR count). The highest BCUT2D eigenvalue weighted by Gasteiger charge is 2.30. The number of fused-ring (bicyclic) bond motifs is 1. The lowest BCUT2D eigenvalue weighted by Gasteiger charge is -2.31. The maximum atomic E-state index is 11.9. The molecule has 0 aromatic heterocycles. The van der Waals surface area contributed by atoms with Crippen LogP contribution in [0.5, 0.6) is 0 Å². The van der Waals surface area contributed by atoms with Crippen molar-refractivity contribution in [3.63, 3.8) is 0 Å². The molecule has 24 heavy (non-hydrogen) atoms. The molecule has 126 valence electrons. The van der Waals surface area contributed by atoms with Gasteiger partial charge in [0.1, 0.15) is 10.6 Å². The van der Waals surface area contributed by atoms with E-state index in [4.69, 9.17) is 11.6 Å². The van der Waals surface area contributed by atoms with E-state index in [2.05, 4.69) is 0 Å². The molecule has 1 heterocycles. The summed E-state index contributed by atoms with van der Waals surface area (Å²) in [6.07, 6.45) is 1.62. The average molecular weight is 367 g/mol. The molecule has 6 nitrogen and oxygen atoms in total. The first-order valence-electron chi connectivity index (χ1n) is 7.27. The smallest absolute Gasteiger partial charge is 0.311 e. The van der Waals surface area contributed by atoms with Crippen molar-refractivity contribution in [1.82, 2.24) is 0 Å². The first-order chi connectivity index (χ1) is 11.3. The molecule has 0 N–H and O–H groups in total. The van der Waals surface area contributed by atoms with E-state index in [0.29, 0.717) is 30.2 Å². The summed E-state index contributed by atoms with van der Waals surface area (Å²) < 4.78 is 23.8. The van der Waals surface area contributed by atoms with Crippen LogP contribution in [0.15, 0.2) is 41.3 Å². The number of anilines is 1. The zero-order valence-electron chi connectivity index (χ0n) is 12.9. The highest BCUT2D eigenvalue weighted by Crippen LogP contribution is 2.37. The molecule has 0 spiro atoms. The van der Waals surface area contributed by atoms with E-state index in [1.54, 1.807) is 6.07 Å². The molecular formula is C16H15ClN2O4S. The minimum atomic E-state index is -3.70. The minimum absolute atomic E-state index is 0.262. The Kier molecular flexibility index (Phi) is 4.23. The van der Waals surface area contributed by atoms with E-state index in [1.807, 2.05) is 23.1 Å². The summed E-state index contributed by atoms with van der Waals surface area (Å²) in [7, 11) is -3.70. The molecule has 0 saturated carbocycles. The van der Waals surface area contributed by atoms with Gasteiger partial charge in [-0.25, -0.2) is 8.42 Å². The van der Waals surface area contributed by atoms with Gasteiger partial charge in [-0.2, -0.15) is 0 Å². The first-order valence-corrected chi connectivity index (χ1v) is 9.54. The highest BCUT2D eigenvalue weighted by atomic mass is 35.5. The predicted molar refractivity (Wildman–Crippen MR) is 92.4 cm³/mol. The SMILES string of the molecule is CS(=O)(=O)c1cccc(N2CCc3c(Cl)cccc3C2)c1[N+](=O)[O-]. The third kappa shape index (κ3) is 2.97. The normalized spacial score (nSPS) is 14.3. The third-order valence-electron chi connectivity index (χ3n) is 4.11. The molecule has 8 heteroatoms. The highest BCUT2D eigenvalue weighted by molar-refractivity contribution is 7.90. The zero-order valence-corrected chi connectivity index (χ0v) is 14.5. The Morgan fingerprint density at radius 1 is 1.21 bits per heavy atom. The lowest BCUT2D eigenvalue weighted by Crippen LogP contribution is -2.31. The lowest BCUT2D eigenvalue weighted by atomic mass is 9.99. The zero-order chi connectivity index (χ0) is 17.5. The molecule has 0 amide bonds. The summed E-state index contributed by atoms with van der Waals surface area (Å²) in [4.78, 5) is 12.5. The van der Waals surface area contributed by atoms with E-state index in [9.17, 15) is 18.5 Å². The predicted octanol–water partition coefficient (Wildman–Crippen LogP) is 3.21. The molecule has 0 saturated heterocycles. The Morgan fingerprint density at radius 2 is 1.92 bits per heavy atom. The number of sulfone groups is 1. The molecule has 0 atom stereocenters. The number of rotatable bonds is 3. The topological polar surface area (TPSA) is 80.5 Å². The van der Waals surface area contributed by atoms with Crippen LogP contribution in [-0.4, -0.2) is 26.1 Å². The number of halogens is 1. The Balaban J connectivity index is 2.10. The van der Waals surface area contributed by atoms with Crippen molar-refractivity contribution in [2.45, 2.75) is 17.9 Å². The lowest BCUT2D eigenvalue weighted by molar-refractivity contribution is -0.387. The Morgan fingerprint density at radius 3 is 2.58 bits per heavy atom. The van der Waals surface area contributed by atoms with Gasteiger partial charge in [-0.3, -0.25) is 10.1 Å². The summed E-state index contributed by atoms with van der Waals surface area (Å²) >= 11 is 6.20. The van der Waals surface area contributed by atoms with Crippen LogP contribution in [0, 0.1) is 10.1 Å².